The molecule has 0 heterocycles. The van der Waals surface area contributed by atoms with Crippen molar-refractivity contribution in [2.24, 2.45) is 0 Å². The molecule has 0 aliphatic carbocycles. The highest BCUT2D eigenvalue weighted by molar-refractivity contribution is 6.35. The van der Waals surface area contributed by atoms with E-state index in [-0.39, 0.29) is 11.9 Å². The molecule has 0 atom stereocenters. The number of hydrogen-bond donors (Lipinski definition) is 0. The predicted octanol–water partition coefficient (Wildman–Crippen LogP) is 10.9. The molecule has 7 aromatic carbocycles. The van der Waals surface area contributed by atoms with Gasteiger partial charge in [-0.25, -0.2) is 9.59 Å². The maximum Gasteiger partial charge on any atom is 0.344 e. The summed E-state index contributed by atoms with van der Waals surface area (Å²) in [4.78, 5) is 27.0. The van der Waals surface area contributed by atoms with E-state index in [9.17, 15) is 9.59 Å². The van der Waals surface area contributed by atoms with E-state index in [0.717, 1.165) is 81.6 Å². The van der Waals surface area contributed by atoms with Gasteiger partial charge in [0.25, 0.3) is 0 Å². The van der Waals surface area contributed by atoms with Crippen molar-refractivity contribution >= 4 is 55.0 Å². The molecule has 7 rings (SSSR count). The van der Waals surface area contributed by atoms with Crippen LogP contribution in [-0.2, 0) is 12.8 Å². The molecule has 0 bridgehead atoms. The van der Waals surface area contributed by atoms with Crippen molar-refractivity contribution in [3.63, 3.8) is 0 Å². The molecule has 4 heteroatoms. The Morgan fingerprint density at radius 1 is 0.457 bits per heavy atom. The van der Waals surface area contributed by atoms with Gasteiger partial charge in [0.15, 0.2) is 0 Å². The van der Waals surface area contributed by atoms with Gasteiger partial charge in [0.1, 0.15) is 11.5 Å². The quantitative estimate of drug-likeness (QED) is 0.0674. The third-order valence-corrected chi connectivity index (χ3v) is 9.01. The molecule has 0 aliphatic heterocycles. The molecule has 0 aromatic heterocycles. The number of rotatable bonds is 10. The van der Waals surface area contributed by atoms with E-state index in [1.165, 1.54) is 11.1 Å². The van der Waals surface area contributed by atoms with E-state index in [2.05, 4.69) is 26.0 Å². The Labute approximate surface area is 268 Å². The first-order valence-corrected chi connectivity index (χ1v) is 16.3. The van der Waals surface area contributed by atoms with E-state index in [4.69, 9.17) is 9.47 Å². The minimum Gasteiger partial charge on any atom is -0.423 e. The maximum absolute atomic E-state index is 13.5. The zero-order chi connectivity index (χ0) is 31.6. The van der Waals surface area contributed by atoms with Gasteiger partial charge < -0.3 is 9.47 Å². The van der Waals surface area contributed by atoms with Crippen LogP contribution in [0.5, 0.6) is 11.5 Å². The minimum atomic E-state index is -0.384. The summed E-state index contributed by atoms with van der Waals surface area (Å²) in [6.07, 6.45) is 6.59. The van der Waals surface area contributed by atoms with Gasteiger partial charge in [-0.05, 0) is 116 Å². The van der Waals surface area contributed by atoms with E-state index < -0.39 is 0 Å². The summed E-state index contributed by atoms with van der Waals surface area (Å²) in [5.41, 5.74) is 3.52. The second kappa shape index (κ2) is 12.6. The Balaban J connectivity index is 1.25. The van der Waals surface area contributed by atoms with Crippen LogP contribution in [0.3, 0.4) is 0 Å². The van der Waals surface area contributed by atoms with Crippen LogP contribution in [0.1, 0.15) is 71.4 Å². The molecule has 0 N–H and O–H groups in total. The van der Waals surface area contributed by atoms with Crippen LogP contribution < -0.4 is 9.47 Å². The number of carbonyl (C=O) groups is 2. The highest BCUT2D eigenvalue weighted by atomic mass is 16.5. The first-order chi connectivity index (χ1) is 22.6. The Hall–Kier alpha value is -5.22. The van der Waals surface area contributed by atoms with Crippen molar-refractivity contribution in [2.75, 3.05) is 0 Å². The van der Waals surface area contributed by atoms with Crippen LogP contribution in [0.15, 0.2) is 109 Å². The summed E-state index contributed by atoms with van der Waals surface area (Å²) < 4.78 is 11.7. The van der Waals surface area contributed by atoms with Gasteiger partial charge in [-0.2, -0.15) is 0 Å². The van der Waals surface area contributed by atoms with Crippen molar-refractivity contribution in [1.82, 2.24) is 0 Å². The summed E-state index contributed by atoms with van der Waals surface area (Å²) in [6, 6.07) is 35.4. The Bertz CT molecular complexity index is 2010. The van der Waals surface area contributed by atoms with E-state index in [1.54, 1.807) is 0 Å². The zero-order valence-corrected chi connectivity index (χ0v) is 26.3. The highest BCUT2D eigenvalue weighted by Gasteiger charge is 2.21. The minimum absolute atomic E-state index is 0.384. The van der Waals surface area contributed by atoms with Crippen LogP contribution in [0.4, 0.5) is 0 Å². The van der Waals surface area contributed by atoms with Crippen molar-refractivity contribution in [3.05, 3.63) is 131 Å². The van der Waals surface area contributed by atoms with Crippen LogP contribution >= 0.6 is 0 Å². The predicted molar refractivity (Wildman–Crippen MR) is 188 cm³/mol. The standard InChI is InChI=1S/C42H36O4/c1-3-5-9-27-15-19-29(20-16-27)45-41(43)37-25-23-35-36-24-26-38(42(44)46-30-21-17-28(18-22-30)10-6-4-2)34-14-8-12-32(40(34)36)31-11-7-13-33(37)39(31)35/h7-8,11-26H,3-6,9-10H2,1-2H3. The monoisotopic (exact) mass is 604 g/mol. The van der Waals surface area contributed by atoms with Crippen molar-refractivity contribution in [3.8, 4) is 11.5 Å². The van der Waals surface area contributed by atoms with Gasteiger partial charge in [0.2, 0.25) is 0 Å². The van der Waals surface area contributed by atoms with Crippen LogP contribution in [-0.4, -0.2) is 11.9 Å². The molecule has 0 radical (unpaired) electrons. The molecule has 7 aromatic rings. The summed E-state index contributed by atoms with van der Waals surface area (Å²) in [5, 5.41) is 7.78. The molecule has 228 valence electrons. The molecule has 0 spiro atoms. The second-order valence-electron chi connectivity index (χ2n) is 12.1. The van der Waals surface area contributed by atoms with Gasteiger partial charge in [0, 0.05) is 0 Å². The van der Waals surface area contributed by atoms with Crippen molar-refractivity contribution < 1.29 is 19.1 Å². The highest BCUT2D eigenvalue weighted by Crippen LogP contribution is 2.42. The molecule has 0 saturated carbocycles. The topological polar surface area (TPSA) is 52.6 Å². The Morgan fingerprint density at radius 2 is 0.826 bits per heavy atom. The van der Waals surface area contributed by atoms with Gasteiger partial charge in [0.05, 0.1) is 11.1 Å². The molecular weight excluding hydrogens is 568 g/mol. The number of aryl methyl sites for hydroxylation is 2. The summed E-state index contributed by atoms with van der Waals surface area (Å²) in [6.45, 7) is 4.36. The number of esters is 2. The Kier molecular flexibility index (Phi) is 8.11. The first-order valence-electron chi connectivity index (χ1n) is 16.3. The van der Waals surface area contributed by atoms with Gasteiger partial charge >= 0.3 is 11.9 Å². The molecule has 0 saturated heterocycles. The van der Waals surface area contributed by atoms with Gasteiger partial charge in [-0.3, -0.25) is 0 Å². The maximum atomic E-state index is 13.5. The number of fused-ring (bicyclic) bond motifs is 2. The van der Waals surface area contributed by atoms with Crippen LogP contribution in [0.2, 0.25) is 0 Å². The molecule has 0 amide bonds. The average molecular weight is 605 g/mol. The lowest BCUT2D eigenvalue weighted by Crippen LogP contribution is -2.10. The van der Waals surface area contributed by atoms with Crippen molar-refractivity contribution in [2.45, 2.75) is 52.4 Å². The fourth-order valence-electron chi connectivity index (χ4n) is 6.60. The number of ether oxygens (including phenoxy) is 2. The lowest BCUT2D eigenvalue weighted by molar-refractivity contribution is 0.0727. The fourth-order valence-corrected chi connectivity index (χ4v) is 6.60. The average Bonchev–Trinajstić information content (AvgIpc) is 3.09. The van der Waals surface area contributed by atoms with Gasteiger partial charge in [-0.15, -0.1) is 0 Å². The molecule has 4 nitrogen and oxygen atoms in total. The molecular formula is C42H36O4. The third kappa shape index (κ3) is 5.45. The van der Waals surface area contributed by atoms with E-state index in [1.807, 2.05) is 97.1 Å². The normalized spacial score (nSPS) is 11.5. The number of benzene rings is 7. The first kappa shape index (κ1) is 29.5. The molecule has 0 aliphatic rings. The SMILES string of the molecule is CCCCc1ccc(OC(=O)c2ccc3c4ccc(C(=O)Oc5ccc(CCCC)cc5)c5cccc(c6cccc2c63)c54)cc1. The lowest BCUT2D eigenvalue weighted by Gasteiger charge is -2.17. The number of unbranched alkanes of at least 4 members (excludes halogenated alkanes) is 2. The summed E-state index contributed by atoms with van der Waals surface area (Å²) in [7, 11) is 0. The summed E-state index contributed by atoms with van der Waals surface area (Å²) in [5.74, 6) is 0.302. The van der Waals surface area contributed by atoms with Crippen LogP contribution in [0, 0.1) is 0 Å². The lowest BCUT2D eigenvalue weighted by atomic mass is 9.87. The fraction of sp³-hybridized carbons (Fsp3) is 0.190. The third-order valence-electron chi connectivity index (χ3n) is 9.01. The van der Waals surface area contributed by atoms with Crippen molar-refractivity contribution in [1.29, 1.82) is 0 Å². The van der Waals surface area contributed by atoms with E-state index >= 15 is 0 Å². The molecule has 0 unspecified atom stereocenters. The largest absolute Gasteiger partial charge is 0.423 e. The second-order valence-corrected chi connectivity index (χ2v) is 12.1. The van der Waals surface area contributed by atoms with Crippen LogP contribution in [0.25, 0.3) is 43.1 Å². The molecule has 46 heavy (non-hydrogen) atoms. The number of carbonyl (C=O) groups excluding carboxylic acids is 2. The zero-order valence-electron chi connectivity index (χ0n) is 26.3. The number of hydrogen-bond acceptors (Lipinski definition) is 4. The van der Waals surface area contributed by atoms with E-state index in [0.29, 0.717) is 22.6 Å². The van der Waals surface area contributed by atoms with Gasteiger partial charge in [-0.1, -0.05) is 99.5 Å². The smallest absolute Gasteiger partial charge is 0.344 e. The molecule has 0 fully saturated rings. The summed E-state index contributed by atoms with van der Waals surface area (Å²) >= 11 is 0. The Morgan fingerprint density at radius 3 is 1.22 bits per heavy atom.